The van der Waals surface area contributed by atoms with E-state index in [1.165, 1.54) is 11.3 Å². The van der Waals surface area contributed by atoms with Crippen LogP contribution >= 0.6 is 11.3 Å². The Kier molecular flexibility index (Phi) is 5.35. The maximum absolute atomic E-state index is 12.9. The molecule has 0 aliphatic rings. The number of hydrogen-bond donors (Lipinski definition) is 1. The number of carbonyl (C=O) groups is 2. The minimum atomic E-state index is -0.190. The number of nitrogens with zero attached hydrogens (tertiary/aromatic N) is 4. The highest BCUT2D eigenvalue weighted by molar-refractivity contribution is 7.20. The molecule has 5 rings (SSSR count). The van der Waals surface area contributed by atoms with Crippen molar-refractivity contribution in [3.05, 3.63) is 101 Å². The number of aromatic nitrogens is 4. The number of ketones is 1. The third-order valence-electron chi connectivity index (χ3n) is 5.44. The van der Waals surface area contributed by atoms with Crippen LogP contribution in [0.5, 0.6) is 0 Å². The third-order valence-corrected chi connectivity index (χ3v) is 6.58. The average molecular weight is 456 g/mol. The number of rotatable bonds is 6. The van der Waals surface area contributed by atoms with Gasteiger partial charge in [0, 0.05) is 36.1 Å². The molecular weight excluding hydrogens is 434 g/mol. The van der Waals surface area contributed by atoms with E-state index in [4.69, 9.17) is 0 Å². The summed E-state index contributed by atoms with van der Waals surface area (Å²) >= 11 is 1.42. The Morgan fingerprint density at radius 1 is 1.06 bits per heavy atom. The number of anilines is 1. The summed E-state index contributed by atoms with van der Waals surface area (Å²) < 4.78 is 3.62. The van der Waals surface area contributed by atoms with Gasteiger partial charge < -0.3 is 9.88 Å². The highest BCUT2D eigenvalue weighted by Gasteiger charge is 2.18. The lowest BCUT2D eigenvalue weighted by molar-refractivity contribution is 0.102. The van der Waals surface area contributed by atoms with Gasteiger partial charge in [0.05, 0.1) is 17.1 Å². The predicted molar refractivity (Wildman–Crippen MR) is 129 cm³/mol. The summed E-state index contributed by atoms with van der Waals surface area (Å²) in [5.74, 6) is 0.0188. The van der Waals surface area contributed by atoms with E-state index in [9.17, 15) is 9.59 Å². The van der Waals surface area contributed by atoms with Gasteiger partial charge in [-0.3, -0.25) is 14.3 Å². The van der Waals surface area contributed by atoms with E-state index in [1.54, 1.807) is 48.3 Å². The van der Waals surface area contributed by atoms with Crippen molar-refractivity contribution in [1.82, 2.24) is 19.3 Å². The van der Waals surface area contributed by atoms with E-state index >= 15 is 0 Å². The third kappa shape index (κ3) is 4.08. The van der Waals surface area contributed by atoms with Crippen LogP contribution in [0.3, 0.4) is 0 Å². The second-order valence-corrected chi connectivity index (χ2v) is 8.81. The quantitative estimate of drug-likeness (QED) is 0.377. The SMILES string of the molecule is Cc1nn(Cc2ccccc2)c2sc(C(=O)Nc3ccc(C(=O)c4nccn4C)cc3)cc12. The first-order valence-electron chi connectivity index (χ1n) is 10.4. The molecule has 0 unspecified atom stereocenters. The molecule has 0 fully saturated rings. The van der Waals surface area contributed by atoms with Crippen LogP contribution in [0.15, 0.2) is 73.1 Å². The minimum Gasteiger partial charge on any atom is -0.331 e. The molecule has 3 aromatic heterocycles. The molecule has 0 atom stereocenters. The predicted octanol–water partition coefficient (Wildman–Crippen LogP) is 4.67. The molecule has 7 nitrogen and oxygen atoms in total. The Hall–Kier alpha value is -4.04. The van der Waals surface area contributed by atoms with Gasteiger partial charge in [0.2, 0.25) is 5.78 Å². The van der Waals surface area contributed by atoms with Crippen LogP contribution in [0.25, 0.3) is 10.2 Å². The first-order chi connectivity index (χ1) is 16.0. The Balaban J connectivity index is 1.33. The molecule has 0 aliphatic heterocycles. The van der Waals surface area contributed by atoms with Gasteiger partial charge >= 0.3 is 0 Å². The average Bonchev–Trinajstić information content (AvgIpc) is 3.52. The zero-order valence-corrected chi connectivity index (χ0v) is 19.0. The largest absolute Gasteiger partial charge is 0.331 e. The maximum atomic E-state index is 12.9. The monoisotopic (exact) mass is 455 g/mol. The molecule has 1 N–H and O–H groups in total. The lowest BCUT2D eigenvalue weighted by atomic mass is 10.1. The Morgan fingerprint density at radius 3 is 2.52 bits per heavy atom. The van der Waals surface area contributed by atoms with E-state index in [1.807, 2.05) is 35.9 Å². The fourth-order valence-electron chi connectivity index (χ4n) is 3.70. The van der Waals surface area contributed by atoms with Gasteiger partial charge in [0.15, 0.2) is 5.82 Å². The van der Waals surface area contributed by atoms with Gasteiger partial charge in [0.25, 0.3) is 5.91 Å². The van der Waals surface area contributed by atoms with Crippen molar-refractivity contribution in [1.29, 1.82) is 0 Å². The number of aryl methyl sites for hydroxylation is 2. The molecule has 0 saturated heterocycles. The molecule has 3 heterocycles. The summed E-state index contributed by atoms with van der Waals surface area (Å²) in [6.45, 7) is 2.60. The zero-order chi connectivity index (χ0) is 22.9. The number of fused-ring (bicyclic) bond motifs is 1. The first kappa shape index (κ1) is 20.8. The van der Waals surface area contributed by atoms with Gasteiger partial charge in [-0.2, -0.15) is 5.10 Å². The second kappa shape index (κ2) is 8.48. The van der Waals surface area contributed by atoms with Gasteiger partial charge in [-0.1, -0.05) is 30.3 Å². The molecule has 8 heteroatoms. The van der Waals surface area contributed by atoms with Crippen LogP contribution in [0.1, 0.15) is 37.1 Å². The highest BCUT2D eigenvalue weighted by atomic mass is 32.1. The number of hydrogen-bond acceptors (Lipinski definition) is 5. The van der Waals surface area contributed by atoms with Crippen LogP contribution in [0.2, 0.25) is 0 Å². The van der Waals surface area contributed by atoms with Crippen LogP contribution in [0, 0.1) is 6.92 Å². The number of amides is 1. The summed E-state index contributed by atoms with van der Waals surface area (Å²) in [7, 11) is 1.78. The molecule has 164 valence electrons. The summed E-state index contributed by atoms with van der Waals surface area (Å²) in [5.41, 5.74) is 3.19. The summed E-state index contributed by atoms with van der Waals surface area (Å²) in [4.78, 5) is 31.2. The summed E-state index contributed by atoms with van der Waals surface area (Å²) in [6, 6.07) is 18.8. The molecule has 5 aromatic rings. The fraction of sp³-hybridized carbons (Fsp3) is 0.120. The molecule has 2 aromatic carbocycles. The lowest BCUT2D eigenvalue weighted by Gasteiger charge is -2.06. The van der Waals surface area contributed by atoms with E-state index in [2.05, 4.69) is 27.5 Å². The van der Waals surface area contributed by atoms with Crippen molar-refractivity contribution in [3.63, 3.8) is 0 Å². The Morgan fingerprint density at radius 2 is 1.82 bits per heavy atom. The van der Waals surface area contributed by atoms with E-state index in [0.29, 0.717) is 28.5 Å². The van der Waals surface area contributed by atoms with E-state index in [0.717, 1.165) is 21.5 Å². The van der Waals surface area contributed by atoms with Gasteiger partial charge in [-0.05, 0) is 42.8 Å². The molecule has 1 amide bonds. The molecular formula is C25H21N5O2S. The van der Waals surface area contributed by atoms with Crippen molar-refractivity contribution >= 4 is 38.9 Å². The van der Waals surface area contributed by atoms with Crippen molar-refractivity contribution in [3.8, 4) is 0 Å². The number of imidazole rings is 1. The number of carbonyl (C=O) groups excluding carboxylic acids is 2. The number of benzene rings is 2. The lowest BCUT2D eigenvalue weighted by Crippen LogP contribution is -2.11. The van der Waals surface area contributed by atoms with Crippen molar-refractivity contribution < 1.29 is 9.59 Å². The first-order valence-corrected chi connectivity index (χ1v) is 11.3. The molecule has 0 bridgehead atoms. The molecule has 0 aliphatic carbocycles. The molecule has 33 heavy (non-hydrogen) atoms. The smallest absolute Gasteiger partial charge is 0.265 e. The van der Waals surface area contributed by atoms with Crippen molar-refractivity contribution in [2.24, 2.45) is 7.05 Å². The van der Waals surface area contributed by atoms with Crippen molar-refractivity contribution in [2.75, 3.05) is 5.32 Å². The fourth-order valence-corrected chi connectivity index (χ4v) is 4.76. The Labute approximate surface area is 194 Å². The van der Waals surface area contributed by atoms with Gasteiger partial charge in [-0.25, -0.2) is 4.98 Å². The molecule has 0 saturated carbocycles. The summed E-state index contributed by atoms with van der Waals surface area (Å²) in [6.07, 6.45) is 3.32. The van der Waals surface area contributed by atoms with E-state index < -0.39 is 0 Å². The maximum Gasteiger partial charge on any atom is 0.265 e. The minimum absolute atomic E-state index is 0.164. The highest BCUT2D eigenvalue weighted by Crippen LogP contribution is 2.29. The van der Waals surface area contributed by atoms with Crippen LogP contribution < -0.4 is 5.32 Å². The van der Waals surface area contributed by atoms with E-state index in [-0.39, 0.29) is 11.7 Å². The molecule has 0 spiro atoms. The van der Waals surface area contributed by atoms with Crippen LogP contribution in [-0.4, -0.2) is 31.0 Å². The standard InChI is InChI=1S/C25H21N5O2S/c1-16-20-14-21(33-25(20)30(28-16)15-17-6-4-3-5-7-17)24(32)27-19-10-8-18(9-11-19)22(31)23-26-12-13-29(23)2/h3-14H,15H2,1-2H3,(H,27,32). The normalized spacial score (nSPS) is 11.1. The second-order valence-electron chi connectivity index (χ2n) is 7.78. The number of nitrogens with one attached hydrogen (secondary N) is 1. The van der Waals surface area contributed by atoms with Crippen molar-refractivity contribution in [2.45, 2.75) is 13.5 Å². The van der Waals surface area contributed by atoms with Crippen LogP contribution in [0.4, 0.5) is 5.69 Å². The molecule has 0 radical (unpaired) electrons. The van der Waals surface area contributed by atoms with Crippen LogP contribution in [-0.2, 0) is 13.6 Å². The number of thiophene rings is 1. The Bertz CT molecular complexity index is 1460. The summed E-state index contributed by atoms with van der Waals surface area (Å²) in [5, 5.41) is 8.54. The van der Waals surface area contributed by atoms with Gasteiger partial charge in [0.1, 0.15) is 4.83 Å². The van der Waals surface area contributed by atoms with Gasteiger partial charge in [-0.15, -0.1) is 11.3 Å². The zero-order valence-electron chi connectivity index (χ0n) is 18.1. The topological polar surface area (TPSA) is 81.8 Å².